The number of nitrogens with one attached hydrogen (secondary N) is 2. The number of hydrogen-bond donors (Lipinski definition) is 3. The van der Waals surface area contributed by atoms with Crippen LogP contribution in [0.5, 0.6) is 0 Å². The van der Waals surface area contributed by atoms with Crippen LogP contribution < -0.4 is 16.6 Å². The minimum Gasteiger partial charge on any atom is -0.453 e. The van der Waals surface area contributed by atoms with Crippen LogP contribution in [0.3, 0.4) is 0 Å². The number of allylic oxidation sites excluding steroid dienone is 1. The monoisotopic (exact) mass is 543 g/mol. The number of carbonyl (C=O) groups is 3. The van der Waals surface area contributed by atoms with E-state index < -0.39 is 12.8 Å². The lowest BCUT2D eigenvalue weighted by atomic mass is 10.2. The predicted molar refractivity (Wildman–Crippen MR) is 145 cm³/mol. The summed E-state index contributed by atoms with van der Waals surface area (Å²) in [6.07, 6.45) is 7.82. The Morgan fingerprint density at radius 2 is 2.00 bits per heavy atom. The molecule has 3 heterocycles. The van der Waals surface area contributed by atoms with Crippen molar-refractivity contribution in [3.63, 3.8) is 0 Å². The van der Waals surface area contributed by atoms with Crippen LogP contribution in [0, 0.1) is 0 Å². The van der Waals surface area contributed by atoms with Gasteiger partial charge in [0.2, 0.25) is 11.8 Å². The molecule has 0 aromatic carbocycles. The van der Waals surface area contributed by atoms with Gasteiger partial charge in [0.15, 0.2) is 0 Å². The number of ether oxygens (including phenoxy) is 1. The topological polar surface area (TPSA) is 165 Å². The molecule has 3 rings (SSSR count). The third kappa shape index (κ3) is 10.0. The summed E-state index contributed by atoms with van der Waals surface area (Å²) in [5.41, 5.74) is 7.24. The first kappa shape index (κ1) is 30.7. The molecule has 0 fully saturated rings. The summed E-state index contributed by atoms with van der Waals surface area (Å²) in [7, 11) is 4.57. The number of aromatic nitrogens is 4. The molecule has 3 aromatic heterocycles. The number of alkyl halides is 1. The van der Waals surface area contributed by atoms with Crippen LogP contribution in [-0.4, -0.2) is 70.2 Å². The van der Waals surface area contributed by atoms with Gasteiger partial charge in [-0.2, -0.15) is 0 Å². The van der Waals surface area contributed by atoms with Gasteiger partial charge in [0, 0.05) is 32.4 Å². The van der Waals surface area contributed by atoms with Crippen LogP contribution in [-0.2, 0) is 27.3 Å². The van der Waals surface area contributed by atoms with Crippen molar-refractivity contribution in [2.45, 2.75) is 38.6 Å². The Balaban J connectivity index is 0.000000976. The highest BCUT2D eigenvalue weighted by Gasteiger charge is 2.11. The van der Waals surface area contributed by atoms with E-state index in [2.05, 4.69) is 30.7 Å². The molecule has 12 nitrogen and oxygen atoms in total. The number of carbonyl (C=O) groups excluding carboxylic acids is 3. The molecule has 0 atom stereocenters. The lowest BCUT2D eigenvalue weighted by molar-refractivity contribution is -0.123. The summed E-state index contributed by atoms with van der Waals surface area (Å²) in [4.78, 5) is 59.2. The van der Waals surface area contributed by atoms with Gasteiger partial charge < -0.3 is 30.2 Å². The summed E-state index contributed by atoms with van der Waals surface area (Å²) in [5, 5.41) is 2.67. The Morgan fingerprint density at radius 1 is 1.26 bits per heavy atom. The van der Waals surface area contributed by atoms with E-state index in [0.29, 0.717) is 31.2 Å². The van der Waals surface area contributed by atoms with E-state index in [4.69, 9.17) is 0 Å². The van der Waals surface area contributed by atoms with E-state index in [1.165, 1.54) is 29.0 Å². The van der Waals surface area contributed by atoms with Gasteiger partial charge >= 0.3 is 6.09 Å². The molecule has 3 aromatic rings. The number of pyridine rings is 1. The fourth-order valence-electron chi connectivity index (χ4n) is 3.42. The van der Waals surface area contributed by atoms with Crippen molar-refractivity contribution >= 4 is 34.6 Å². The first-order valence-corrected chi connectivity index (χ1v) is 12.2. The molecule has 210 valence electrons. The summed E-state index contributed by atoms with van der Waals surface area (Å²) in [5.74, 6) is -0.368. The molecular weight excluding hydrogens is 509 g/mol. The molecule has 0 spiro atoms. The normalized spacial score (nSPS) is 10.7. The Bertz CT molecular complexity index is 1350. The van der Waals surface area contributed by atoms with Crippen molar-refractivity contribution < 1.29 is 23.5 Å². The van der Waals surface area contributed by atoms with Crippen molar-refractivity contribution in [2.24, 2.45) is 5.73 Å². The minimum absolute atomic E-state index is 0.104. The van der Waals surface area contributed by atoms with E-state index in [1.807, 2.05) is 6.07 Å². The zero-order valence-electron chi connectivity index (χ0n) is 22.3. The lowest BCUT2D eigenvalue weighted by Gasteiger charge is -2.08. The number of halogens is 1. The van der Waals surface area contributed by atoms with Crippen molar-refractivity contribution in [2.75, 3.05) is 33.2 Å². The maximum Gasteiger partial charge on any atom is 0.404 e. The van der Waals surface area contributed by atoms with Gasteiger partial charge in [-0.1, -0.05) is 6.08 Å². The number of nitrogens with two attached hydrogens (primary N) is 1. The molecule has 0 saturated carbocycles. The highest BCUT2D eigenvalue weighted by atomic mass is 19.1. The van der Waals surface area contributed by atoms with Crippen LogP contribution in [0.25, 0.3) is 11.0 Å². The summed E-state index contributed by atoms with van der Waals surface area (Å²) in [6, 6.07) is 5.10. The van der Waals surface area contributed by atoms with Crippen molar-refractivity contribution in [1.29, 1.82) is 0 Å². The number of unbranched alkanes of at least 4 members (excludes halogenated alkanes) is 1. The number of methoxy groups -OCH3 is 1. The van der Waals surface area contributed by atoms with E-state index in [9.17, 15) is 23.6 Å². The van der Waals surface area contributed by atoms with Gasteiger partial charge in [-0.25, -0.2) is 14.8 Å². The first-order valence-electron chi connectivity index (χ1n) is 12.2. The predicted octanol–water partition coefficient (Wildman–Crippen LogP) is 2.53. The quantitative estimate of drug-likeness (QED) is 0.247. The molecule has 0 aliphatic carbocycles. The average molecular weight is 544 g/mol. The molecule has 4 N–H and O–H groups in total. The highest BCUT2D eigenvalue weighted by Crippen LogP contribution is 2.17. The van der Waals surface area contributed by atoms with Gasteiger partial charge in [-0.3, -0.25) is 18.8 Å². The summed E-state index contributed by atoms with van der Waals surface area (Å²) in [6.45, 7) is -0.161. The van der Waals surface area contributed by atoms with Crippen LogP contribution in [0.1, 0.15) is 37.1 Å². The fraction of sp³-hybridized carbons (Fsp3) is 0.385. The number of fused-ring (bicyclic) bond motifs is 1. The molecule has 0 aliphatic rings. The fourth-order valence-corrected chi connectivity index (χ4v) is 3.42. The van der Waals surface area contributed by atoms with Crippen LogP contribution in [0.15, 0.2) is 47.7 Å². The van der Waals surface area contributed by atoms with E-state index >= 15 is 0 Å². The highest BCUT2D eigenvalue weighted by molar-refractivity contribution is 5.90. The Labute approximate surface area is 225 Å². The number of anilines is 1. The van der Waals surface area contributed by atoms with Crippen LogP contribution in [0.4, 0.5) is 14.9 Å². The average Bonchev–Trinajstić information content (AvgIpc) is 3.32. The second kappa shape index (κ2) is 15.6. The standard InChI is InChI=1S/C24H29FN6O3.C2H5NO2/c1-30(2)22(33)11-5-3-4-10-21(32)29-19-9-7-13-31(24(19)34)15-17-14-20-23(28-17)18(8-6-12-25)26-16-27-20;1-5-2(3)4/h5,7,9,11,13-14,16,28H,3-4,6,8,10,12,15H2,1-2H3,(H,29,32);1H3,(H2,3,4)/b11-5+;. The number of H-pyrrole nitrogens is 1. The maximum absolute atomic E-state index is 12.9. The Kier molecular flexibility index (Phi) is 12.3. The molecule has 0 radical (unpaired) electrons. The third-order valence-electron chi connectivity index (χ3n) is 5.41. The summed E-state index contributed by atoms with van der Waals surface area (Å²) < 4.78 is 17.9. The zero-order valence-corrected chi connectivity index (χ0v) is 22.3. The summed E-state index contributed by atoms with van der Waals surface area (Å²) >= 11 is 0. The first-order chi connectivity index (χ1) is 18.7. The van der Waals surface area contributed by atoms with Crippen molar-refractivity contribution in [1.82, 2.24) is 24.4 Å². The van der Waals surface area contributed by atoms with Crippen molar-refractivity contribution in [3.05, 3.63) is 64.6 Å². The molecule has 0 unspecified atom stereocenters. The van der Waals surface area contributed by atoms with Gasteiger partial charge in [0.25, 0.3) is 5.56 Å². The molecular formula is C26H34FN7O5. The van der Waals surface area contributed by atoms with Gasteiger partial charge in [0.05, 0.1) is 37.1 Å². The largest absolute Gasteiger partial charge is 0.453 e. The second-order valence-electron chi connectivity index (χ2n) is 8.62. The van der Waals surface area contributed by atoms with Gasteiger partial charge in [-0.15, -0.1) is 0 Å². The number of rotatable bonds is 11. The number of hydrogen-bond acceptors (Lipinski definition) is 7. The Morgan fingerprint density at radius 3 is 2.67 bits per heavy atom. The molecule has 0 bridgehead atoms. The number of nitrogens with zero attached hydrogens (tertiary/aromatic N) is 4. The number of primary amides is 1. The minimum atomic E-state index is -0.745. The van der Waals surface area contributed by atoms with Gasteiger partial charge in [-0.05, 0) is 50.0 Å². The molecule has 3 amide bonds. The van der Waals surface area contributed by atoms with E-state index in [1.54, 1.807) is 38.5 Å². The number of aromatic amines is 1. The third-order valence-corrected chi connectivity index (χ3v) is 5.41. The van der Waals surface area contributed by atoms with Crippen LogP contribution in [0.2, 0.25) is 0 Å². The number of aryl methyl sites for hydroxylation is 1. The lowest BCUT2D eigenvalue weighted by Crippen LogP contribution is -2.25. The van der Waals surface area contributed by atoms with E-state index in [-0.39, 0.29) is 36.0 Å². The molecule has 13 heteroatoms. The Hall–Kier alpha value is -4.55. The smallest absolute Gasteiger partial charge is 0.404 e. The van der Waals surface area contributed by atoms with Crippen LogP contribution >= 0.6 is 0 Å². The molecule has 0 saturated heterocycles. The maximum atomic E-state index is 12.9. The molecule has 39 heavy (non-hydrogen) atoms. The second-order valence-corrected chi connectivity index (χ2v) is 8.62. The van der Waals surface area contributed by atoms with Crippen molar-refractivity contribution in [3.8, 4) is 0 Å². The SMILES string of the molecule is CN(C)C(=O)/C=C/CCCC(=O)Nc1cccn(Cc2cc3ncnc(CCCF)c3[nH]2)c1=O.COC(N)=O. The van der Waals surface area contributed by atoms with Gasteiger partial charge in [0.1, 0.15) is 12.0 Å². The van der Waals surface area contributed by atoms with E-state index in [0.717, 1.165) is 16.9 Å². The number of likely N-dealkylation sites (N-methyl/N-ethyl adjacent to an activating group) is 1. The number of amides is 3. The zero-order chi connectivity index (χ0) is 28.8. The molecule has 0 aliphatic heterocycles.